The fourth-order valence-electron chi connectivity index (χ4n) is 3.53. The van der Waals surface area contributed by atoms with Gasteiger partial charge in [0.2, 0.25) is 0 Å². The summed E-state index contributed by atoms with van der Waals surface area (Å²) in [5, 5.41) is 4.56. The van der Waals surface area contributed by atoms with E-state index in [4.69, 9.17) is 33.2 Å². The van der Waals surface area contributed by atoms with E-state index in [1.807, 2.05) is 0 Å². The van der Waals surface area contributed by atoms with Crippen molar-refractivity contribution in [3.05, 3.63) is 59.9 Å². The van der Waals surface area contributed by atoms with Crippen LogP contribution in [0.4, 0.5) is 4.79 Å². The summed E-state index contributed by atoms with van der Waals surface area (Å²) < 4.78 is 4.14. The minimum absolute atomic E-state index is 0. The van der Waals surface area contributed by atoms with Gasteiger partial charge in [-0.1, -0.05) is 54.1 Å². The number of ether oxygens (including phenoxy) is 1. The van der Waals surface area contributed by atoms with Crippen LogP contribution in [-0.4, -0.2) is 34.0 Å². The average Bonchev–Trinajstić information content (AvgIpc) is 2.73. The first-order valence-electron chi connectivity index (χ1n) is 9.99. The molecule has 0 aliphatic carbocycles. The van der Waals surface area contributed by atoms with Crippen molar-refractivity contribution in [3.63, 3.8) is 0 Å². The van der Waals surface area contributed by atoms with Crippen LogP contribution in [0.5, 0.6) is 0 Å². The van der Waals surface area contributed by atoms with Gasteiger partial charge in [-0.3, -0.25) is 0 Å². The second-order valence-corrected chi connectivity index (χ2v) is 8.11. The third-order valence-corrected chi connectivity index (χ3v) is 5.16. The standard InChI is InChI=1S/C20H21N3.C3H4Cl2O2.ClH/c1-14-6-2-3-7-16(14)19-17-8-4-5-9-18(17)22-20(23-19)15-10-12-21-13-11-15;1-2(4)7-3(5)6;/h2-9,15,21H,10-13H2,1H3;2H,1H3;1H. The molecule has 1 N–H and O–H groups in total. The Labute approximate surface area is 198 Å². The van der Waals surface area contributed by atoms with Gasteiger partial charge in [-0.15, -0.1) is 12.4 Å². The number of benzene rings is 2. The highest BCUT2D eigenvalue weighted by atomic mass is 35.5. The number of aromatic nitrogens is 2. The van der Waals surface area contributed by atoms with Gasteiger partial charge in [0.15, 0.2) is 5.56 Å². The van der Waals surface area contributed by atoms with E-state index >= 15 is 0 Å². The van der Waals surface area contributed by atoms with Crippen LogP contribution in [0.3, 0.4) is 0 Å². The molecular formula is C23H26Cl3N3O2. The first-order valence-corrected chi connectivity index (χ1v) is 10.8. The molecule has 1 aliphatic rings. The Balaban J connectivity index is 0.000000373. The molecule has 0 radical (unpaired) electrons. The number of nitrogens with zero attached hydrogens (tertiary/aromatic N) is 2. The minimum atomic E-state index is -0.873. The summed E-state index contributed by atoms with van der Waals surface area (Å²) in [5.74, 6) is 1.46. The summed E-state index contributed by atoms with van der Waals surface area (Å²) in [7, 11) is 0. The van der Waals surface area contributed by atoms with Gasteiger partial charge in [0.25, 0.3) is 0 Å². The number of nitrogens with one attached hydrogen (secondary N) is 1. The number of hydrogen-bond acceptors (Lipinski definition) is 5. The largest absolute Gasteiger partial charge is 0.434 e. The van der Waals surface area contributed by atoms with Gasteiger partial charge >= 0.3 is 5.43 Å². The number of para-hydroxylation sites is 1. The molecule has 31 heavy (non-hydrogen) atoms. The van der Waals surface area contributed by atoms with Crippen molar-refractivity contribution in [2.75, 3.05) is 13.1 Å². The molecule has 1 atom stereocenters. The molecule has 1 saturated heterocycles. The molecule has 2 heterocycles. The molecule has 0 spiro atoms. The molecule has 2 aromatic carbocycles. The van der Waals surface area contributed by atoms with Crippen LogP contribution >= 0.6 is 35.6 Å². The molecule has 1 fully saturated rings. The zero-order valence-corrected chi connectivity index (χ0v) is 19.8. The summed E-state index contributed by atoms with van der Waals surface area (Å²) in [4.78, 5) is 19.6. The van der Waals surface area contributed by atoms with Gasteiger partial charge in [0, 0.05) is 28.5 Å². The number of piperidine rings is 1. The summed E-state index contributed by atoms with van der Waals surface area (Å²) >= 11 is 9.87. The fourth-order valence-corrected chi connectivity index (χ4v) is 3.79. The number of aryl methyl sites for hydroxylation is 1. The van der Waals surface area contributed by atoms with E-state index in [2.05, 4.69) is 65.5 Å². The zero-order valence-electron chi connectivity index (χ0n) is 17.5. The van der Waals surface area contributed by atoms with Gasteiger partial charge < -0.3 is 10.1 Å². The molecule has 0 amide bonds. The molecule has 166 valence electrons. The highest BCUT2D eigenvalue weighted by Crippen LogP contribution is 2.31. The molecule has 1 aromatic heterocycles. The summed E-state index contributed by atoms with van der Waals surface area (Å²) in [6.07, 6.45) is 2.23. The topological polar surface area (TPSA) is 64.1 Å². The lowest BCUT2D eigenvalue weighted by molar-refractivity contribution is 0.166. The van der Waals surface area contributed by atoms with E-state index < -0.39 is 11.0 Å². The molecule has 4 rings (SSSR count). The van der Waals surface area contributed by atoms with Crippen LogP contribution in [0.1, 0.15) is 37.1 Å². The summed E-state index contributed by atoms with van der Waals surface area (Å²) in [6.45, 7) is 5.76. The number of alkyl halides is 1. The van der Waals surface area contributed by atoms with Crippen molar-refractivity contribution in [2.24, 2.45) is 0 Å². The van der Waals surface area contributed by atoms with E-state index in [-0.39, 0.29) is 12.4 Å². The fraction of sp³-hybridized carbons (Fsp3) is 0.348. The van der Waals surface area contributed by atoms with E-state index in [9.17, 15) is 4.79 Å². The Morgan fingerprint density at radius 3 is 2.35 bits per heavy atom. The second kappa shape index (κ2) is 12.2. The van der Waals surface area contributed by atoms with E-state index in [0.29, 0.717) is 5.92 Å². The maximum atomic E-state index is 9.71. The van der Waals surface area contributed by atoms with E-state index in [1.54, 1.807) is 0 Å². The van der Waals surface area contributed by atoms with Crippen molar-refractivity contribution in [2.45, 2.75) is 38.2 Å². The SMILES string of the molecule is CC(Cl)OC(=O)Cl.Cc1ccccc1-c1nc(C2CCNCC2)nc2ccccc12.Cl. The van der Waals surface area contributed by atoms with Crippen LogP contribution < -0.4 is 5.32 Å². The zero-order chi connectivity index (χ0) is 21.5. The molecule has 1 unspecified atom stereocenters. The highest BCUT2D eigenvalue weighted by molar-refractivity contribution is 6.61. The Bertz CT molecular complexity index is 1010. The molecule has 0 saturated carbocycles. The van der Waals surface area contributed by atoms with Gasteiger partial charge in [-0.05, 0) is 51.4 Å². The Kier molecular flexibility index (Phi) is 9.97. The van der Waals surface area contributed by atoms with Crippen molar-refractivity contribution < 1.29 is 9.53 Å². The summed E-state index contributed by atoms with van der Waals surface area (Å²) in [6, 6.07) is 16.8. The van der Waals surface area contributed by atoms with Crippen molar-refractivity contribution in [1.29, 1.82) is 0 Å². The van der Waals surface area contributed by atoms with E-state index in [0.717, 1.165) is 48.4 Å². The first-order chi connectivity index (χ1) is 14.5. The number of carbonyl (C=O) groups excluding carboxylic acids is 1. The van der Waals surface area contributed by atoms with E-state index in [1.165, 1.54) is 18.1 Å². The van der Waals surface area contributed by atoms with Gasteiger partial charge in [-0.2, -0.15) is 0 Å². The number of fused-ring (bicyclic) bond motifs is 1. The number of hydrogen-bond donors (Lipinski definition) is 1. The minimum Gasteiger partial charge on any atom is -0.434 e. The van der Waals surface area contributed by atoms with Crippen LogP contribution in [0.15, 0.2) is 48.5 Å². The smallest absolute Gasteiger partial charge is 0.405 e. The molecule has 8 heteroatoms. The number of rotatable bonds is 3. The normalized spacial score (nSPS) is 14.7. The van der Waals surface area contributed by atoms with Crippen LogP contribution in [0.2, 0.25) is 0 Å². The number of halogens is 3. The monoisotopic (exact) mass is 481 g/mol. The second-order valence-electron chi connectivity index (χ2n) is 7.19. The van der Waals surface area contributed by atoms with Crippen molar-refractivity contribution in [1.82, 2.24) is 15.3 Å². The Hall–Kier alpha value is -1.92. The van der Waals surface area contributed by atoms with Gasteiger partial charge in [-0.25, -0.2) is 14.8 Å². The van der Waals surface area contributed by atoms with Crippen LogP contribution in [0.25, 0.3) is 22.2 Å². The lowest BCUT2D eigenvalue weighted by Gasteiger charge is -2.22. The molecule has 0 bridgehead atoms. The molecule has 1 aliphatic heterocycles. The predicted molar refractivity (Wildman–Crippen MR) is 129 cm³/mol. The maximum Gasteiger partial charge on any atom is 0.405 e. The van der Waals surface area contributed by atoms with Gasteiger partial charge in [0.1, 0.15) is 5.82 Å². The molecule has 5 nitrogen and oxygen atoms in total. The third kappa shape index (κ3) is 7.04. The highest BCUT2D eigenvalue weighted by Gasteiger charge is 2.20. The van der Waals surface area contributed by atoms with Gasteiger partial charge in [0.05, 0.1) is 11.2 Å². The first kappa shape index (κ1) is 25.3. The quantitative estimate of drug-likeness (QED) is 0.344. The van der Waals surface area contributed by atoms with Crippen molar-refractivity contribution in [3.8, 4) is 11.3 Å². The lowest BCUT2D eigenvalue weighted by Crippen LogP contribution is -2.27. The Morgan fingerprint density at radius 2 is 1.74 bits per heavy atom. The van der Waals surface area contributed by atoms with Crippen molar-refractivity contribution >= 4 is 51.9 Å². The number of carbonyl (C=O) groups is 1. The van der Waals surface area contributed by atoms with Crippen LogP contribution in [-0.2, 0) is 4.74 Å². The predicted octanol–water partition coefficient (Wildman–Crippen LogP) is 6.44. The molecular weight excluding hydrogens is 457 g/mol. The maximum absolute atomic E-state index is 9.71. The van der Waals surface area contributed by atoms with Crippen LogP contribution in [0, 0.1) is 6.92 Å². The average molecular weight is 483 g/mol. The third-order valence-electron chi connectivity index (χ3n) is 4.98. The molecule has 3 aromatic rings. The summed E-state index contributed by atoms with van der Waals surface area (Å²) in [5.41, 5.74) is 3.08. The lowest BCUT2D eigenvalue weighted by atomic mass is 9.96. The Morgan fingerprint density at radius 1 is 1.10 bits per heavy atom.